The predicted octanol–water partition coefficient (Wildman–Crippen LogP) is 3.18. The van der Waals surface area contributed by atoms with Gasteiger partial charge in [-0.2, -0.15) is 0 Å². The minimum atomic E-state index is 0.117. The highest BCUT2D eigenvalue weighted by Gasteiger charge is 2.34. The van der Waals surface area contributed by atoms with Crippen molar-refractivity contribution in [2.24, 2.45) is 10.4 Å². The minimum Gasteiger partial charge on any atom is -0.383 e. The summed E-state index contributed by atoms with van der Waals surface area (Å²) in [5.74, 6) is 1.16. The van der Waals surface area contributed by atoms with Crippen molar-refractivity contribution >= 4 is 17.2 Å². The molecule has 1 heterocycles. The summed E-state index contributed by atoms with van der Waals surface area (Å²) >= 11 is 0. The second kappa shape index (κ2) is 8.49. The Kier molecular flexibility index (Phi) is 6.63. The van der Waals surface area contributed by atoms with E-state index in [4.69, 9.17) is 14.5 Å². The molecule has 0 atom stereocenters. The number of para-hydroxylation sites is 2. The third kappa shape index (κ3) is 4.48. The molecule has 5 nitrogen and oxygen atoms in total. The lowest BCUT2D eigenvalue weighted by Crippen LogP contribution is -2.31. The molecule has 1 aliphatic heterocycles. The number of aliphatic imine (C=N–C) groups is 1. The fraction of sp³-hybridized carbons (Fsp3) is 0.632. The zero-order valence-electron chi connectivity index (χ0n) is 15.7. The summed E-state index contributed by atoms with van der Waals surface area (Å²) in [7, 11) is 5.59. The lowest BCUT2D eigenvalue weighted by Gasteiger charge is -2.27. The van der Waals surface area contributed by atoms with Crippen LogP contribution in [0, 0.1) is 5.41 Å². The van der Waals surface area contributed by atoms with E-state index in [9.17, 15) is 0 Å². The quantitative estimate of drug-likeness (QED) is 0.732. The van der Waals surface area contributed by atoms with Crippen LogP contribution in [0.2, 0.25) is 0 Å². The first-order valence-electron chi connectivity index (χ1n) is 8.62. The van der Waals surface area contributed by atoms with Gasteiger partial charge in [0.25, 0.3) is 0 Å². The fourth-order valence-corrected chi connectivity index (χ4v) is 3.11. The van der Waals surface area contributed by atoms with Gasteiger partial charge in [-0.25, -0.2) is 4.99 Å². The number of benzene rings is 1. The number of amidine groups is 1. The van der Waals surface area contributed by atoms with Gasteiger partial charge in [-0.15, -0.1) is 0 Å². The molecule has 1 fully saturated rings. The molecule has 134 valence electrons. The predicted molar refractivity (Wildman–Crippen MR) is 101 cm³/mol. The molecule has 0 bridgehead atoms. The molecule has 0 saturated carbocycles. The van der Waals surface area contributed by atoms with Crippen LogP contribution in [0.25, 0.3) is 0 Å². The number of rotatable bonds is 8. The summed E-state index contributed by atoms with van der Waals surface area (Å²) in [6.45, 7) is 8.60. The highest BCUT2D eigenvalue weighted by Crippen LogP contribution is 2.35. The van der Waals surface area contributed by atoms with Crippen molar-refractivity contribution in [2.75, 3.05) is 59.0 Å². The highest BCUT2D eigenvalue weighted by molar-refractivity contribution is 5.92. The van der Waals surface area contributed by atoms with Gasteiger partial charge in [-0.1, -0.05) is 26.0 Å². The molecule has 2 rings (SSSR count). The van der Waals surface area contributed by atoms with Crippen LogP contribution in [0.4, 0.5) is 11.4 Å². The molecule has 0 radical (unpaired) electrons. The molecule has 0 spiro atoms. The maximum atomic E-state index is 5.27. The highest BCUT2D eigenvalue weighted by atomic mass is 16.5. The van der Waals surface area contributed by atoms with Gasteiger partial charge in [0.05, 0.1) is 24.6 Å². The smallest absolute Gasteiger partial charge is 0.110 e. The molecular formula is C19H31N3O2. The molecule has 5 heteroatoms. The van der Waals surface area contributed by atoms with Crippen LogP contribution in [0.5, 0.6) is 0 Å². The van der Waals surface area contributed by atoms with E-state index in [0.717, 1.165) is 43.3 Å². The van der Waals surface area contributed by atoms with Crippen molar-refractivity contribution in [3.8, 4) is 0 Å². The van der Waals surface area contributed by atoms with Gasteiger partial charge in [0.1, 0.15) is 5.84 Å². The van der Waals surface area contributed by atoms with Gasteiger partial charge in [0.15, 0.2) is 0 Å². The summed E-state index contributed by atoms with van der Waals surface area (Å²) in [4.78, 5) is 9.60. The Balaban J connectivity index is 2.34. The molecule has 1 aliphatic rings. The summed E-state index contributed by atoms with van der Waals surface area (Å²) < 4.78 is 10.5. The Morgan fingerprint density at radius 3 is 2.29 bits per heavy atom. The topological polar surface area (TPSA) is 37.3 Å². The summed E-state index contributed by atoms with van der Waals surface area (Å²) in [5, 5.41) is 0. The summed E-state index contributed by atoms with van der Waals surface area (Å²) in [6, 6.07) is 8.34. The van der Waals surface area contributed by atoms with Gasteiger partial charge in [0.2, 0.25) is 0 Å². The second-order valence-electron chi connectivity index (χ2n) is 6.95. The van der Waals surface area contributed by atoms with Crippen LogP contribution in [0.1, 0.15) is 20.3 Å². The van der Waals surface area contributed by atoms with Gasteiger partial charge in [-0.3, -0.25) is 0 Å². The van der Waals surface area contributed by atoms with E-state index in [2.05, 4.69) is 55.0 Å². The van der Waals surface area contributed by atoms with E-state index in [1.807, 2.05) is 0 Å². The first kappa shape index (κ1) is 18.7. The Labute approximate surface area is 146 Å². The molecule has 0 aromatic heterocycles. The Morgan fingerprint density at radius 2 is 1.75 bits per heavy atom. The molecule has 0 amide bonds. The number of hydrogen-bond donors (Lipinski definition) is 0. The zero-order valence-corrected chi connectivity index (χ0v) is 15.7. The summed E-state index contributed by atoms with van der Waals surface area (Å²) in [6.07, 6.45) is 1.14. The lowest BCUT2D eigenvalue weighted by molar-refractivity contribution is 0.190. The van der Waals surface area contributed by atoms with Crippen molar-refractivity contribution in [1.82, 2.24) is 4.90 Å². The number of nitrogens with zero attached hydrogens (tertiary/aromatic N) is 3. The average molecular weight is 333 g/mol. The van der Waals surface area contributed by atoms with Gasteiger partial charge >= 0.3 is 0 Å². The third-order valence-corrected chi connectivity index (χ3v) is 4.62. The average Bonchev–Trinajstić information content (AvgIpc) is 2.83. The monoisotopic (exact) mass is 333 g/mol. The van der Waals surface area contributed by atoms with E-state index >= 15 is 0 Å². The Morgan fingerprint density at radius 1 is 1.12 bits per heavy atom. The molecule has 1 aromatic rings. The first-order chi connectivity index (χ1) is 11.5. The van der Waals surface area contributed by atoms with Gasteiger partial charge in [0, 0.05) is 46.3 Å². The van der Waals surface area contributed by atoms with Crippen molar-refractivity contribution in [2.45, 2.75) is 20.3 Å². The van der Waals surface area contributed by atoms with Crippen LogP contribution in [-0.4, -0.2) is 64.9 Å². The van der Waals surface area contributed by atoms with Crippen LogP contribution in [0.3, 0.4) is 0 Å². The minimum absolute atomic E-state index is 0.117. The van der Waals surface area contributed by atoms with Crippen LogP contribution in [-0.2, 0) is 9.47 Å². The largest absolute Gasteiger partial charge is 0.383 e. The number of ether oxygens (including phenoxy) is 2. The normalized spacial score (nSPS) is 18.4. The van der Waals surface area contributed by atoms with E-state index in [1.54, 1.807) is 14.2 Å². The summed E-state index contributed by atoms with van der Waals surface area (Å²) in [5.41, 5.74) is 2.27. The van der Waals surface area contributed by atoms with Gasteiger partial charge in [-0.05, 0) is 18.6 Å². The van der Waals surface area contributed by atoms with E-state index < -0.39 is 0 Å². The Hall–Kier alpha value is -1.59. The Bertz CT molecular complexity index is 549. The maximum Gasteiger partial charge on any atom is 0.110 e. The number of methoxy groups -OCH3 is 2. The third-order valence-electron chi connectivity index (χ3n) is 4.62. The number of anilines is 1. The second-order valence-corrected chi connectivity index (χ2v) is 6.95. The van der Waals surface area contributed by atoms with E-state index in [-0.39, 0.29) is 5.41 Å². The number of hydrogen-bond acceptors (Lipinski definition) is 4. The van der Waals surface area contributed by atoms with Crippen molar-refractivity contribution in [3.05, 3.63) is 24.3 Å². The molecule has 1 saturated heterocycles. The molecule has 0 N–H and O–H groups in total. The standard InChI is InChI=1S/C19H31N3O2/c1-19(2)10-11-21(3)18(19)20-16-8-6-7-9-17(16)22(12-14-23-4)13-15-24-5/h6-9H,10-15H2,1-5H3/b20-18+. The van der Waals surface area contributed by atoms with Crippen LogP contribution in [0.15, 0.2) is 29.3 Å². The number of likely N-dealkylation sites (tertiary alicyclic amines) is 1. The molecule has 24 heavy (non-hydrogen) atoms. The SMILES string of the molecule is COCCN(CCOC)c1ccccc1/N=C1/N(C)CCC1(C)C. The zero-order chi connectivity index (χ0) is 17.6. The lowest BCUT2D eigenvalue weighted by atomic mass is 9.91. The maximum absolute atomic E-state index is 5.27. The van der Waals surface area contributed by atoms with E-state index in [1.165, 1.54) is 0 Å². The molecular weight excluding hydrogens is 302 g/mol. The molecule has 0 aliphatic carbocycles. The van der Waals surface area contributed by atoms with Crippen LogP contribution < -0.4 is 4.90 Å². The van der Waals surface area contributed by atoms with Crippen molar-refractivity contribution < 1.29 is 9.47 Å². The van der Waals surface area contributed by atoms with Gasteiger partial charge < -0.3 is 19.3 Å². The molecule has 0 unspecified atom stereocenters. The van der Waals surface area contributed by atoms with Crippen LogP contribution >= 0.6 is 0 Å². The van der Waals surface area contributed by atoms with E-state index in [0.29, 0.717) is 13.2 Å². The fourth-order valence-electron chi connectivity index (χ4n) is 3.11. The van der Waals surface area contributed by atoms with Crippen molar-refractivity contribution in [3.63, 3.8) is 0 Å². The van der Waals surface area contributed by atoms with Crippen molar-refractivity contribution in [1.29, 1.82) is 0 Å². The first-order valence-corrected chi connectivity index (χ1v) is 8.62. The molecule has 1 aromatic carbocycles.